The van der Waals surface area contributed by atoms with Gasteiger partial charge < -0.3 is 14.8 Å². The lowest BCUT2D eigenvalue weighted by Crippen LogP contribution is -2.57. The Morgan fingerprint density at radius 3 is 2.73 bits per heavy atom. The number of hydrogen-bond donors (Lipinski definition) is 2. The molecule has 0 spiro atoms. The number of aliphatic hydroxyl groups is 1. The minimum absolute atomic E-state index is 0.302. The highest BCUT2D eigenvalue weighted by molar-refractivity contribution is 5.76. The minimum Gasteiger partial charge on any atom is -0.481 e. The van der Waals surface area contributed by atoms with Gasteiger partial charge in [0, 0.05) is 31.9 Å². The quantitative estimate of drug-likeness (QED) is 0.830. The fraction of sp³-hybridized carbons (Fsp3) is 0.500. The molecular formula is C20H27N3O3. The smallest absolute Gasteiger partial charge is 0.313 e. The first-order chi connectivity index (χ1) is 12.4. The molecule has 1 aliphatic heterocycles. The summed E-state index contributed by atoms with van der Waals surface area (Å²) in [6, 6.07) is 9.86. The third-order valence-corrected chi connectivity index (χ3v) is 5.34. The summed E-state index contributed by atoms with van der Waals surface area (Å²) in [4.78, 5) is 18.6. The topological polar surface area (TPSA) is 78.6 Å². The van der Waals surface area contributed by atoms with Gasteiger partial charge in [0.25, 0.3) is 0 Å². The summed E-state index contributed by atoms with van der Waals surface area (Å²) in [5, 5.41) is 20.6. The molecule has 26 heavy (non-hydrogen) atoms. The second-order valence-corrected chi connectivity index (χ2v) is 7.52. The van der Waals surface area contributed by atoms with Gasteiger partial charge >= 0.3 is 5.97 Å². The molecule has 0 aliphatic carbocycles. The predicted octanol–water partition coefficient (Wildman–Crippen LogP) is 2.34. The van der Waals surface area contributed by atoms with E-state index < -0.39 is 17.5 Å². The zero-order valence-corrected chi connectivity index (χ0v) is 15.4. The Bertz CT molecular complexity index is 744. The second kappa shape index (κ2) is 7.60. The summed E-state index contributed by atoms with van der Waals surface area (Å²) in [7, 11) is 0. The predicted molar refractivity (Wildman–Crippen MR) is 98.7 cm³/mol. The standard InChI is InChI=1S/C20H27N3O3/c1-15(2)23-14-21-11-17(23)12-22-9-8-18(24)20(13-22,19(25)26)10-16-6-4-3-5-7-16/h3-7,11,14-15,18,24H,8-10,12-13H2,1-2H3,(H,25,26)/t18-,20-/m0/s1. The Kier molecular flexibility index (Phi) is 5.44. The average molecular weight is 357 g/mol. The number of likely N-dealkylation sites (tertiary alicyclic amines) is 1. The van der Waals surface area contributed by atoms with Gasteiger partial charge in [-0.3, -0.25) is 9.69 Å². The van der Waals surface area contributed by atoms with Crippen molar-refractivity contribution >= 4 is 5.97 Å². The Balaban J connectivity index is 1.83. The Morgan fingerprint density at radius 2 is 2.08 bits per heavy atom. The monoisotopic (exact) mass is 357 g/mol. The summed E-state index contributed by atoms with van der Waals surface area (Å²) >= 11 is 0. The summed E-state index contributed by atoms with van der Waals surface area (Å²) < 4.78 is 2.10. The first-order valence-electron chi connectivity index (χ1n) is 9.11. The molecule has 1 aromatic heterocycles. The molecule has 0 bridgehead atoms. The SMILES string of the molecule is CC(C)n1cncc1CN1CC[C@H](O)[C@@](Cc2ccccc2)(C(=O)O)C1. The normalized spacial score (nSPS) is 24.1. The number of nitrogens with zero attached hydrogens (tertiary/aromatic N) is 3. The van der Waals surface area contributed by atoms with Crippen LogP contribution in [-0.4, -0.2) is 49.8 Å². The molecule has 2 heterocycles. The zero-order chi connectivity index (χ0) is 18.7. The first-order valence-corrected chi connectivity index (χ1v) is 9.11. The van der Waals surface area contributed by atoms with Gasteiger partial charge in [-0.2, -0.15) is 0 Å². The largest absolute Gasteiger partial charge is 0.481 e. The molecular weight excluding hydrogens is 330 g/mol. The van der Waals surface area contributed by atoms with Gasteiger partial charge in [-0.15, -0.1) is 0 Å². The molecule has 140 valence electrons. The van der Waals surface area contributed by atoms with E-state index in [4.69, 9.17) is 0 Å². The number of piperidine rings is 1. The maximum Gasteiger partial charge on any atom is 0.313 e. The molecule has 1 fully saturated rings. The van der Waals surface area contributed by atoms with E-state index in [0.29, 0.717) is 38.5 Å². The van der Waals surface area contributed by atoms with Crippen LogP contribution >= 0.6 is 0 Å². The fourth-order valence-electron chi connectivity index (χ4n) is 3.87. The minimum atomic E-state index is -1.19. The lowest BCUT2D eigenvalue weighted by molar-refractivity contribution is -0.163. The molecule has 2 atom stereocenters. The summed E-state index contributed by atoms with van der Waals surface area (Å²) in [5.41, 5.74) is 0.806. The van der Waals surface area contributed by atoms with Gasteiger partial charge in [-0.05, 0) is 32.3 Å². The van der Waals surface area contributed by atoms with Crippen molar-refractivity contribution in [3.05, 3.63) is 54.1 Å². The van der Waals surface area contributed by atoms with E-state index >= 15 is 0 Å². The van der Waals surface area contributed by atoms with Crippen molar-refractivity contribution < 1.29 is 15.0 Å². The summed E-state index contributed by atoms with van der Waals surface area (Å²) in [6.07, 6.45) is 3.57. The second-order valence-electron chi connectivity index (χ2n) is 7.52. The zero-order valence-electron chi connectivity index (χ0n) is 15.4. The van der Waals surface area contributed by atoms with Crippen molar-refractivity contribution in [1.82, 2.24) is 14.5 Å². The highest BCUT2D eigenvalue weighted by Gasteiger charge is 2.49. The molecule has 0 amide bonds. The van der Waals surface area contributed by atoms with Crippen molar-refractivity contribution in [2.75, 3.05) is 13.1 Å². The van der Waals surface area contributed by atoms with E-state index in [9.17, 15) is 15.0 Å². The molecule has 1 aromatic carbocycles. The van der Waals surface area contributed by atoms with E-state index in [1.807, 2.05) is 42.9 Å². The maximum absolute atomic E-state index is 12.2. The maximum atomic E-state index is 12.2. The van der Waals surface area contributed by atoms with E-state index in [2.05, 4.69) is 28.3 Å². The van der Waals surface area contributed by atoms with Crippen molar-refractivity contribution in [3.8, 4) is 0 Å². The lowest BCUT2D eigenvalue weighted by atomic mass is 9.73. The van der Waals surface area contributed by atoms with Crippen LogP contribution < -0.4 is 0 Å². The van der Waals surface area contributed by atoms with Crippen molar-refractivity contribution in [2.24, 2.45) is 5.41 Å². The molecule has 6 nitrogen and oxygen atoms in total. The van der Waals surface area contributed by atoms with Gasteiger partial charge in [0.2, 0.25) is 0 Å². The van der Waals surface area contributed by atoms with Crippen molar-refractivity contribution in [2.45, 2.75) is 45.4 Å². The van der Waals surface area contributed by atoms with Crippen molar-refractivity contribution in [3.63, 3.8) is 0 Å². The van der Waals surface area contributed by atoms with Crippen LogP contribution in [0.1, 0.15) is 37.6 Å². The molecule has 0 radical (unpaired) electrons. The van der Waals surface area contributed by atoms with Crippen molar-refractivity contribution in [1.29, 1.82) is 0 Å². The summed E-state index contributed by atoms with van der Waals surface area (Å²) in [5.74, 6) is -0.934. The molecule has 6 heteroatoms. The van der Waals surface area contributed by atoms with E-state index in [0.717, 1.165) is 11.3 Å². The Hall–Kier alpha value is -2.18. The Labute approximate surface area is 154 Å². The number of imidazole rings is 1. The van der Waals surface area contributed by atoms with Crippen LogP contribution in [0, 0.1) is 5.41 Å². The number of carboxylic acid groups (broad SMARTS) is 1. The van der Waals surface area contributed by atoms with Gasteiger partial charge in [-0.1, -0.05) is 30.3 Å². The number of aliphatic carboxylic acids is 1. The highest BCUT2D eigenvalue weighted by atomic mass is 16.4. The Morgan fingerprint density at radius 1 is 1.35 bits per heavy atom. The van der Waals surface area contributed by atoms with Gasteiger partial charge in [0.15, 0.2) is 0 Å². The first kappa shape index (κ1) is 18.6. The molecule has 0 unspecified atom stereocenters. The van der Waals surface area contributed by atoms with E-state index in [-0.39, 0.29) is 0 Å². The van der Waals surface area contributed by atoms with Crippen LogP contribution in [0.2, 0.25) is 0 Å². The molecule has 2 aromatic rings. The van der Waals surface area contributed by atoms with E-state index in [1.54, 1.807) is 0 Å². The average Bonchev–Trinajstić information content (AvgIpc) is 3.07. The van der Waals surface area contributed by atoms with Crippen LogP contribution in [0.15, 0.2) is 42.9 Å². The number of hydrogen-bond acceptors (Lipinski definition) is 4. The van der Waals surface area contributed by atoms with Gasteiger partial charge in [0.05, 0.1) is 18.1 Å². The van der Waals surface area contributed by atoms with Crippen LogP contribution in [-0.2, 0) is 17.8 Å². The number of rotatable bonds is 6. The third kappa shape index (κ3) is 3.66. The lowest BCUT2D eigenvalue weighted by Gasteiger charge is -2.43. The number of carboxylic acids is 1. The molecule has 1 saturated heterocycles. The summed E-state index contributed by atoms with van der Waals surface area (Å²) in [6.45, 7) is 5.83. The number of carbonyl (C=O) groups is 1. The fourth-order valence-corrected chi connectivity index (χ4v) is 3.87. The van der Waals surface area contributed by atoms with Crippen LogP contribution in [0.3, 0.4) is 0 Å². The molecule has 0 saturated carbocycles. The molecule has 1 aliphatic rings. The van der Waals surface area contributed by atoms with E-state index in [1.165, 1.54) is 0 Å². The molecule has 3 rings (SSSR count). The van der Waals surface area contributed by atoms with Crippen LogP contribution in [0.25, 0.3) is 0 Å². The number of benzene rings is 1. The third-order valence-electron chi connectivity index (χ3n) is 5.34. The van der Waals surface area contributed by atoms with Crippen LogP contribution in [0.5, 0.6) is 0 Å². The number of aliphatic hydroxyl groups excluding tert-OH is 1. The number of aromatic nitrogens is 2. The van der Waals surface area contributed by atoms with Gasteiger partial charge in [0.1, 0.15) is 5.41 Å². The van der Waals surface area contributed by atoms with Gasteiger partial charge in [-0.25, -0.2) is 4.98 Å². The highest BCUT2D eigenvalue weighted by Crippen LogP contribution is 2.35. The molecule has 2 N–H and O–H groups in total. The van der Waals surface area contributed by atoms with Crippen LogP contribution in [0.4, 0.5) is 0 Å².